The molecule has 24 heavy (non-hydrogen) atoms. The molecule has 2 amide bonds. The second kappa shape index (κ2) is 9.39. The van der Waals surface area contributed by atoms with Crippen molar-refractivity contribution in [1.29, 1.82) is 0 Å². The zero-order valence-corrected chi connectivity index (χ0v) is 13.3. The molecule has 0 aliphatic carbocycles. The molecule has 0 radical (unpaired) electrons. The van der Waals surface area contributed by atoms with Gasteiger partial charge in [0.1, 0.15) is 5.82 Å². The molecule has 0 bridgehead atoms. The van der Waals surface area contributed by atoms with Crippen molar-refractivity contribution in [3.8, 4) is 0 Å². The van der Waals surface area contributed by atoms with Crippen molar-refractivity contribution >= 4 is 11.8 Å². The third-order valence-electron chi connectivity index (χ3n) is 3.46. The van der Waals surface area contributed by atoms with Gasteiger partial charge in [0, 0.05) is 31.9 Å². The van der Waals surface area contributed by atoms with E-state index in [1.807, 2.05) is 0 Å². The van der Waals surface area contributed by atoms with Gasteiger partial charge in [-0.25, -0.2) is 4.39 Å². The Morgan fingerprint density at radius 2 is 1.83 bits per heavy atom. The summed E-state index contributed by atoms with van der Waals surface area (Å²) in [4.78, 5) is 27.4. The van der Waals surface area contributed by atoms with Crippen molar-refractivity contribution < 1.29 is 14.0 Å². The minimum absolute atomic E-state index is 0.128. The zero-order chi connectivity index (χ0) is 17.2. The van der Waals surface area contributed by atoms with Gasteiger partial charge < -0.3 is 10.6 Å². The summed E-state index contributed by atoms with van der Waals surface area (Å²) in [6, 6.07) is 9.83. The Morgan fingerprint density at radius 1 is 1.04 bits per heavy atom. The molecule has 1 heterocycles. The van der Waals surface area contributed by atoms with Gasteiger partial charge >= 0.3 is 0 Å². The van der Waals surface area contributed by atoms with E-state index >= 15 is 0 Å². The van der Waals surface area contributed by atoms with E-state index in [1.54, 1.807) is 36.5 Å². The first kappa shape index (κ1) is 17.6. The molecule has 1 aromatic heterocycles. The number of rotatable bonds is 8. The van der Waals surface area contributed by atoms with Gasteiger partial charge in [-0.2, -0.15) is 0 Å². The molecule has 0 atom stereocenters. The number of hydrogen-bond donors (Lipinski definition) is 2. The summed E-state index contributed by atoms with van der Waals surface area (Å²) >= 11 is 0. The molecule has 1 aromatic carbocycles. The van der Waals surface area contributed by atoms with Crippen LogP contribution in [-0.2, 0) is 11.2 Å². The van der Waals surface area contributed by atoms with Crippen LogP contribution in [0.1, 0.15) is 28.8 Å². The number of halogens is 1. The summed E-state index contributed by atoms with van der Waals surface area (Å²) in [7, 11) is 0. The van der Waals surface area contributed by atoms with Crippen molar-refractivity contribution in [1.82, 2.24) is 15.6 Å². The Balaban J connectivity index is 1.58. The maximum absolute atomic E-state index is 13.4. The summed E-state index contributed by atoms with van der Waals surface area (Å²) < 4.78 is 13.4. The van der Waals surface area contributed by atoms with Crippen LogP contribution in [0, 0.1) is 5.82 Å². The molecule has 0 aliphatic heterocycles. The fraction of sp³-hybridized carbons (Fsp3) is 0.278. The topological polar surface area (TPSA) is 71.1 Å². The average Bonchev–Trinajstić information content (AvgIpc) is 2.61. The van der Waals surface area contributed by atoms with E-state index in [0.29, 0.717) is 37.1 Å². The lowest BCUT2D eigenvalue weighted by Crippen LogP contribution is -2.30. The Labute approximate surface area is 140 Å². The molecular formula is C18H20FN3O2. The van der Waals surface area contributed by atoms with Gasteiger partial charge in [0.15, 0.2) is 0 Å². The molecule has 0 spiro atoms. The summed E-state index contributed by atoms with van der Waals surface area (Å²) in [6.45, 7) is 0.921. The molecule has 0 aliphatic rings. The summed E-state index contributed by atoms with van der Waals surface area (Å²) in [5.41, 5.74) is 1.04. The van der Waals surface area contributed by atoms with Crippen molar-refractivity contribution in [2.24, 2.45) is 0 Å². The van der Waals surface area contributed by atoms with Crippen LogP contribution in [0.5, 0.6) is 0 Å². The Hall–Kier alpha value is -2.76. The molecular weight excluding hydrogens is 309 g/mol. The Bertz CT molecular complexity index is 677. The average molecular weight is 329 g/mol. The van der Waals surface area contributed by atoms with E-state index in [4.69, 9.17) is 0 Å². The molecule has 2 N–H and O–H groups in total. The third kappa shape index (κ3) is 5.79. The molecule has 2 aromatic rings. The van der Waals surface area contributed by atoms with Crippen molar-refractivity contribution in [3.05, 3.63) is 65.7 Å². The largest absolute Gasteiger partial charge is 0.356 e. The predicted molar refractivity (Wildman–Crippen MR) is 88.9 cm³/mol. The van der Waals surface area contributed by atoms with E-state index < -0.39 is 0 Å². The van der Waals surface area contributed by atoms with Gasteiger partial charge in [-0.05, 0) is 36.6 Å². The highest BCUT2D eigenvalue weighted by Gasteiger charge is 2.06. The first-order chi connectivity index (χ1) is 11.7. The number of nitrogens with zero attached hydrogens (tertiary/aromatic N) is 1. The van der Waals surface area contributed by atoms with E-state index in [-0.39, 0.29) is 24.1 Å². The number of carbonyl (C=O) groups excluding carboxylic acids is 2. The van der Waals surface area contributed by atoms with E-state index in [2.05, 4.69) is 15.6 Å². The van der Waals surface area contributed by atoms with Gasteiger partial charge in [0.2, 0.25) is 5.91 Å². The first-order valence-electron chi connectivity index (χ1n) is 7.85. The lowest BCUT2D eigenvalue weighted by molar-refractivity contribution is -0.121. The molecule has 2 rings (SSSR count). The monoisotopic (exact) mass is 329 g/mol. The Kier molecular flexibility index (Phi) is 6.89. The van der Waals surface area contributed by atoms with Crippen LogP contribution < -0.4 is 10.6 Å². The van der Waals surface area contributed by atoms with Gasteiger partial charge in [0.25, 0.3) is 5.91 Å². The normalized spacial score (nSPS) is 10.2. The minimum atomic E-state index is -0.289. The van der Waals surface area contributed by atoms with Crippen LogP contribution >= 0.6 is 0 Å². The smallest absolute Gasteiger partial charge is 0.252 e. The summed E-state index contributed by atoms with van der Waals surface area (Å²) in [6.07, 6.45) is 4.34. The van der Waals surface area contributed by atoms with Crippen LogP contribution in [0.15, 0.2) is 48.8 Å². The molecule has 6 heteroatoms. The number of carbonyl (C=O) groups is 2. The molecule has 0 saturated heterocycles. The van der Waals surface area contributed by atoms with E-state index in [9.17, 15) is 14.0 Å². The maximum atomic E-state index is 13.4. The molecule has 126 valence electrons. The fourth-order valence-electron chi connectivity index (χ4n) is 2.15. The highest BCUT2D eigenvalue weighted by atomic mass is 19.1. The molecule has 0 fully saturated rings. The van der Waals surface area contributed by atoms with Crippen molar-refractivity contribution in [2.75, 3.05) is 13.1 Å². The second-order valence-corrected chi connectivity index (χ2v) is 5.29. The minimum Gasteiger partial charge on any atom is -0.356 e. The molecule has 0 unspecified atom stereocenters. The summed E-state index contributed by atoms with van der Waals surface area (Å²) in [5, 5.41) is 5.52. The fourth-order valence-corrected chi connectivity index (χ4v) is 2.15. The molecule has 0 saturated carbocycles. The predicted octanol–water partition coefficient (Wildman–Crippen LogP) is 2.09. The van der Waals surface area contributed by atoms with Gasteiger partial charge in [0.05, 0.1) is 5.56 Å². The highest BCUT2D eigenvalue weighted by Crippen LogP contribution is 2.08. The van der Waals surface area contributed by atoms with Crippen LogP contribution in [-0.4, -0.2) is 29.9 Å². The van der Waals surface area contributed by atoms with Gasteiger partial charge in [-0.1, -0.05) is 18.2 Å². The number of pyridine rings is 1. The second-order valence-electron chi connectivity index (χ2n) is 5.29. The summed E-state index contributed by atoms with van der Waals surface area (Å²) in [5.74, 6) is -0.603. The third-order valence-corrected chi connectivity index (χ3v) is 3.46. The van der Waals surface area contributed by atoms with Crippen LogP contribution in [0.2, 0.25) is 0 Å². The maximum Gasteiger partial charge on any atom is 0.252 e. The van der Waals surface area contributed by atoms with Crippen molar-refractivity contribution in [2.45, 2.75) is 19.3 Å². The van der Waals surface area contributed by atoms with Gasteiger partial charge in [-0.15, -0.1) is 0 Å². The van der Waals surface area contributed by atoms with Crippen molar-refractivity contribution in [3.63, 3.8) is 0 Å². The Morgan fingerprint density at radius 3 is 2.58 bits per heavy atom. The highest BCUT2D eigenvalue weighted by molar-refractivity contribution is 5.93. The number of hydrogen-bond acceptors (Lipinski definition) is 3. The SMILES string of the molecule is O=C(CCc1ccccc1F)NCCCNC(=O)c1cccnc1. The van der Waals surface area contributed by atoms with E-state index in [1.165, 1.54) is 12.3 Å². The standard InChI is InChI=1S/C18H20FN3O2/c19-16-7-2-1-5-14(16)8-9-17(23)21-11-4-12-22-18(24)15-6-3-10-20-13-15/h1-3,5-7,10,13H,4,8-9,11-12H2,(H,21,23)(H,22,24). The number of aromatic nitrogens is 1. The van der Waals surface area contributed by atoms with Crippen LogP contribution in [0.3, 0.4) is 0 Å². The lowest BCUT2D eigenvalue weighted by Gasteiger charge is -2.07. The number of aryl methyl sites for hydroxylation is 1. The number of benzene rings is 1. The lowest BCUT2D eigenvalue weighted by atomic mass is 10.1. The first-order valence-corrected chi connectivity index (χ1v) is 7.85. The van der Waals surface area contributed by atoms with E-state index in [0.717, 1.165) is 0 Å². The zero-order valence-electron chi connectivity index (χ0n) is 13.3. The quantitative estimate of drug-likeness (QED) is 0.729. The number of nitrogens with one attached hydrogen (secondary N) is 2. The van der Waals surface area contributed by atoms with Crippen LogP contribution in [0.4, 0.5) is 4.39 Å². The van der Waals surface area contributed by atoms with Crippen LogP contribution in [0.25, 0.3) is 0 Å². The molecule has 5 nitrogen and oxygen atoms in total. The number of amides is 2. The van der Waals surface area contributed by atoms with Gasteiger partial charge in [-0.3, -0.25) is 14.6 Å².